The average molecular weight is 364 g/mol. The first kappa shape index (κ1) is 18.5. The van der Waals surface area contributed by atoms with Gasteiger partial charge in [0.15, 0.2) is 0 Å². The lowest BCUT2D eigenvalue weighted by Crippen LogP contribution is -2.65. The van der Waals surface area contributed by atoms with Crippen molar-refractivity contribution < 1.29 is 24.4 Å². The normalized spacial score (nSPS) is 47.6. The molecule has 0 aromatic heterocycles. The Kier molecular flexibility index (Phi) is 3.94. The van der Waals surface area contributed by atoms with Crippen molar-refractivity contribution in [2.75, 3.05) is 7.11 Å². The van der Waals surface area contributed by atoms with Gasteiger partial charge in [-0.25, -0.2) is 9.78 Å². The van der Waals surface area contributed by atoms with Crippen LogP contribution in [0.3, 0.4) is 0 Å². The van der Waals surface area contributed by atoms with Crippen LogP contribution in [-0.4, -0.2) is 35.5 Å². The van der Waals surface area contributed by atoms with Gasteiger partial charge >= 0.3 is 5.97 Å². The van der Waals surface area contributed by atoms with Crippen molar-refractivity contribution in [1.29, 1.82) is 0 Å². The number of ether oxygens (including phenoxy) is 1. The Bertz CT molecular complexity index is 649. The number of aliphatic hydroxyl groups is 1. The predicted molar refractivity (Wildman–Crippen MR) is 96.0 cm³/mol. The minimum Gasteiger partial charge on any atom is -0.469 e. The van der Waals surface area contributed by atoms with Gasteiger partial charge in [0.2, 0.25) is 0 Å². The molecule has 6 atom stereocenters. The molecule has 2 heterocycles. The summed E-state index contributed by atoms with van der Waals surface area (Å²) in [5.41, 5.74) is -0.873. The maximum absolute atomic E-state index is 12.7. The van der Waals surface area contributed by atoms with Crippen LogP contribution in [-0.2, 0) is 19.3 Å². The van der Waals surface area contributed by atoms with Crippen LogP contribution < -0.4 is 0 Å². The van der Waals surface area contributed by atoms with E-state index in [1.165, 1.54) is 7.11 Å². The van der Waals surface area contributed by atoms with Crippen molar-refractivity contribution in [3.05, 3.63) is 11.6 Å². The van der Waals surface area contributed by atoms with Gasteiger partial charge in [-0.15, -0.1) is 0 Å². The third-order valence-corrected chi connectivity index (χ3v) is 8.06. The van der Waals surface area contributed by atoms with Gasteiger partial charge in [0.1, 0.15) is 11.7 Å². The Balaban J connectivity index is 1.75. The first-order valence-electron chi connectivity index (χ1n) is 9.95. The number of hydrogen-bond donors (Lipinski definition) is 1. The molecule has 5 nitrogen and oxygen atoms in total. The molecule has 1 spiro atoms. The number of carbonyl (C=O) groups is 1. The van der Waals surface area contributed by atoms with E-state index in [0.29, 0.717) is 5.92 Å². The fourth-order valence-corrected chi connectivity index (χ4v) is 6.83. The Labute approximate surface area is 156 Å². The van der Waals surface area contributed by atoms with Gasteiger partial charge in [-0.3, -0.25) is 4.79 Å². The average Bonchev–Trinajstić information content (AvgIpc) is 2.59. The van der Waals surface area contributed by atoms with Crippen molar-refractivity contribution in [3.63, 3.8) is 0 Å². The molecule has 5 rings (SSSR count). The van der Waals surface area contributed by atoms with Crippen LogP contribution >= 0.6 is 0 Å². The van der Waals surface area contributed by atoms with E-state index in [9.17, 15) is 9.90 Å². The van der Waals surface area contributed by atoms with E-state index in [1.54, 1.807) is 0 Å². The molecule has 0 radical (unpaired) electrons. The third kappa shape index (κ3) is 2.29. The molecular weight excluding hydrogens is 332 g/mol. The van der Waals surface area contributed by atoms with Crippen LogP contribution in [0, 0.1) is 22.7 Å². The smallest absolute Gasteiger partial charge is 0.311 e. The molecule has 0 amide bonds. The van der Waals surface area contributed by atoms with Gasteiger partial charge in [-0.05, 0) is 75.9 Å². The molecule has 5 aliphatic rings. The fourth-order valence-electron chi connectivity index (χ4n) is 6.83. The summed E-state index contributed by atoms with van der Waals surface area (Å²) < 4.78 is 5.20. The number of carbonyl (C=O) groups excluding carboxylic acids is 1. The molecule has 2 aliphatic heterocycles. The van der Waals surface area contributed by atoms with Crippen LogP contribution in [0.25, 0.3) is 0 Å². The first-order chi connectivity index (χ1) is 12.1. The molecule has 3 fully saturated rings. The molecule has 2 unspecified atom stereocenters. The predicted octanol–water partition coefficient (Wildman–Crippen LogP) is 3.55. The minimum atomic E-state index is -0.905. The molecule has 0 aromatic rings. The summed E-state index contributed by atoms with van der Waals surface area (Å²) >= 11 is 0. The highest BCUT2D eigenvalue weighted by atomic mass is 17.2. The van der Waals surface area contributed by atoms with Crippen LogP contribution in [0.2, 0.25) is 0 Å². The molecule has 1 N–H and O–H groups in total. The van der Waals surface area contributed by atoms with Crippen LogP contribution in [0.5, 0.6) is 0 Å². The van der Waals surface area contributed by atoms with E-state index < -0.39 is 16.6 Å². The van der Waals surface area contributed by atoms with E-state index in [4.69, 9.17) is 14.5 Å². The monoisotopic (exact) mass is 364 g/mol. The maximum atomic E-state index is 12.7. The molecule has 5 heteroatoms. The standard InChI is InChI=1S/C21H32O5/c1-18(2,23)13-12-21-10-7-15-19(3,16(21)11-14(13)25-26-21)8-6-9-20(15,4)17(22)24-5/h12,14-16,23H,6-11H2,1-5H3/t14-,15?,16?,19-,20+,21-/m0/s1. The summed E-state index contributed by atoms with van der Waals surface area (Å²) in [7, 11) is 1.50. The number of rotatable bonds is 2. The second-order valence-corrected chi connectivity index (χ2v) is 9.93. The van der Waals surface area contributed by atoms with E-state index >= 15 is 0 Å². The topological polar surface area (TPSA) is 65.0 Å². The molecule has 146 valence electrons. The summed E-state index contributed by atoms with van der Waals surface area (Å²) in [6.45, 7) is 8.06. The molecule has 1 saturated heterocycles. The molecule has 3 aliphatic carbocycles. The highest BCUT2D eigenvalue weighted by Gasteiger charge is 2.67. The van der Waals surface area contributed by atoms with Gasteiger partial charge in [0.05, 0.1) is 18.1 Å². The number of hydrogen-bond acceptors (Lipinski definition) is 5. The summed E-state index contributed by atoms with van der Waals surface area (Å²) in [5.74, 6) is 0.506. The summed E-state index contributed by atoms with van der Waals surface area (Å²) in [4.78, 5) is 24.3. The zero-order valence-corrected chi connectivity index (χ0v) is 16.6. The van der Waals surface area contributed by atoms with Crippen LogP contribution in [0.4, 0.5) is 0 Å². The Morgan fingerprint density at radius 1 is 1.27 bits per heavy atom. The molecule has 26 heavy (non-hydrogen) atoms. The maximum Gasteiger partial charge on any atom is 0.311 e. The zero-order valence-electron chi connectivity index (χ0n) is 16.6. The number of methoxy groups -OCH3 is 1. The van der Waals surface area contributed by atoms with Crippen molar-refractivity contribution in [2.24, 2.45) is 22.7 Å². The van der Waals surface area contributed by atoms with Crippen LogP contribution in [0.15, 0.2) is 11.6 Å². The SMILES string of the molecule is COC(=O)[C@]1(C)CCC[C@]2(C)C3C[C@@H]4OO[C@]3(C=C4C(C)(C)O)CCC21. The molecule has 0 aromatic carbocycles. The largest absolute Gasteiger partial charge is 0.469 e. The lowest BCUT2D eigenvalue weighted by molar-refractivity contribution is -0.435. The van der Waals surface area contributed by atoms with Gasteiger partial charge in [-0.1, -0.05) is 13.3 Å². The summed E-state index contributed by atoms with van der Waals surface area (Å²) in [6.07, 6.45) is 7.53. The first-order valence-corrected chi connectivity index (χ1v) is 9.95. The third-order valence-electron chi connectivity index (χ3n) is 8.06. The highest BCUT2D eigenvalue weighted by Crippen LogP contribution is 2.67. The minimum absolute atomic E-state index is 0.00307. The Morgan fingerprint density at radius 2 is 2.00 bits per heavy atom. The van der Waals surface area contributed by atoms with E-state index in [-0.39, 0.29) is 23.4 Å². The Hall–Kier alpha value is -0.910. The molecular formula is C21H32O5. The van der Waals surface area contributed by atoms with E-state index in [1.807, 2.05) is 13.8 Å². The van der Waals surface area contributed by atoms with Crippen molar-refractivity contribution in [2.45, 2.75) is 83.5 Å². The van der Waals surface area contributed by atoms with Crippen LogP contribution in [0.1, 0.15) is 66.2 Å². The zero-order chi connectivity index (χ0) is 19.0. The molecule has 2 bridgehead atoms. The summed E-state index contributed by atoms with van der Waals surface area (Å²) in [6, 6.07) is 0. The lowest BCUT2D eigenvalue weighted by atomic mass is 9.43. The van der Waals surface area contributed by atoms with E-state index in [0.717, 1.165) is 44.1 Å². The number of fused-ring (bicyclic) bond motifs is 2. The number of esters is 1. The quantitative estimate of drug-likeness (QED) is 0.461. The second-order valence-electron chi connectivity index (χ2n) is 9.93. The van der Waals surface area contributed by atoms with Gasteiger partial charge in [0.25, 0.3) is 0 Å². The van der Waals surface area contributed by atoms with Gasteiger partial charge in [-0.2, -0.15) is 0 Å². The van der Waals surface area contributed by atoms with Gasteiger partial charge < -0.3 is 9.84 Å². The van der Waals surface area contributed by atoms with Crippen molar-refractivity contribution >= 4 is 5.97 Å². The summed E-state index contributed by atoms with van der Waals surface area (Å²) in [5, 5.41) is 10.6. The lowest BCUT2D eigenvalue weighted by Gasteiger charge is -2.65. The molecule has 2 saturated carbocycles. The second kappa shape index (κ2) is 5.55. The van der Waals surface area contributed by atoms with Crippen molar-refractivity contribution in [1.82, 2.24) is 0 Å². The Morgan fingerprint density at radius 3 is 2.65 bits per heavy atom. The highest BCUT2D eigenvalue weighted by molar-refractivity contribution is 5.77. The fraction of sp³-hybridized carbons (Fsp3) is 0.857. The van der Waals surface area contributed by atoms with Crippen molar-refractivity contribution in [3.8, 4) is 0 Å². The van der Waals surface area contributed by atoms with E-state index in [2.05, 4.69) is 19.9 Å². The van der Waals surface area contributed by atoms with Gasteiger partial charge in [0, 0.05) is 5.92 Å².